The molecule has 0 amide bonds. The van der Waals surface area contributed by atoms with Crippen molar-refractivity contribution >= 4 is 6.08 Å². The monoisotopic (exact) mass is 227 g/mol. The van der Waals surface area contributed by atoms with Crippen molar-refractivity contribution in [3.05, 3.63) is 60.2 Å². The van der Waals surface area contributed by atoms with Gasteiger partial charge in [0.1, 0.15) is 0 Å². The minimum Gasteiger partial charge on any atom is -0.348 e. The van der Waals surface area contributed by atoms with Gasteiger partial charge in [0.05, 0.1) is 6.33 Å². The fourth-order valence-electron chi connectivity index (χ4n) is 1.71. The van der Waals surface area contributed by atoms with E-state index in [0.717, 1.165) is 18.5 Å². The topological polar surface area (TPSA) is 54.7 Å². The molecule has 3 nitrogen and oxygen atoms in total. The van der Waals surface area contributed by atoms with E-state index in [4.69, 9.17) is 5.73 Å². The smallest absolute Gasteiger partial charge is 0.0921 e. The van der Waals surface area contributed by atoms with Crippen molar-refractivity contribution in [2.45, 2.75) is 18.9 Å². The molecule has 0 aliphatic heterocycles. The molecule has 2 aromatic rings. The van der Waals surface area contributed by atoms with E-state index >= 15 is 0 Å². The fourth-order valence-corrected chi connectivity index (χ4v) is 1.71. The van der Waals surface area contributed by atoms with E-state index in [9.17, 15) is 0 Å². The van der Waals surface area contributed by atoms with Gasteiger partial charge in [-0.15, -0.1) is 0 Å². The lowest BCUT2D eigenvalue weighted by Gasteiger charge is -2.06. The van der Waals surface area contributed by atoms with Crippen molar-refractivity contribution < 1.29 is 0 Å². The van der Waals surface area contributed by atoms with Crippen LogP contribution < -0.4 is 5.73 Å². The van der Waals surface area contributed by atoms with Gasteiger partial charge in [-0.25, -0.2) is 4.98 Å². The Hall–Kier alpha value is -1.87. The van der Waals surface area contributed by atoms with E-state index in [2.05, 4.69) is 34.3 Å². The summed E-state index contributed by atoms with van der Waals surface area (Å²) in [6.07, 6.45) is 9.43. The number of H-pyrrole nitrogens is 1. The van der Waals surface area contributed by atoms with Crippen LogP contribution in [0.15, 0.2) is 48.9 Å². The minimum absolute atomic E-state index is 0.135. The summed E-state index contributed by atoms with van der Waals surface area (Å²) >= 11 is 0. The van der Waals surface area contributed by atoms with Crippen molar-refractivity contribution in [3.8, 4) is 0 Å². The summed E-state index contributed by atoms with van der Waals surface area (Å²) in [6, 6.07) is 10.4. The molecule has 2 rings (SSSR count). The normalized spacial score (nSPS) is 13.0. The molecule has 3 heteroatoms. The van der Waals surface area contributed by atoms with Crippen LogP contribution >= 0.6 is 0 Å². The van der Waals surface area contributed by atoms with Gasteiger partial charge >= 0.3 is 0 Å². The third-order valence-corrected chi connectivity index (χ3v) is 2.59. The highest BCUT2D eigenvalue weighted by molar-refractivity contribution is 5.48. The molecule has 0 saturated heterocycles. The number of hydrogen-bond donors (Lipinski definition) is 2. The number of nitrogens with zero attached hydrogens (tertiary/aromatic N) is 1. The Bertz CT molecular complexity index is 446. The number of hydrogen-bond acceptors (Lipinski definition) is 2. The van der Waals surface area contributed by atoms with E-state index in [0.29, 0.717) is 0 Å². The number of aromatic nitrogens is 2. The second kappa shape index (κ2) is 6.01. The first-order valence-corrected chi connectivity index (χ1v) is 5.79. The Morgan fingerprint density at radius 2 is 2.12 bits per heavy atom. The quantitative estimate of drug-likeness (QED) is 0.824. The summed E-state index contributed by atoms with van der Waals surface area (Å²) < 4.78 is 0. The van der Waals surface area contributed by atoms with Gasteiger partial charge in [-0.2, -0.15) is 0 Å². The predicted octanol–water partition coefficient (Wildman–Crippen LogP) is 2.38. The minimum atomic E-state index is 0.135. The van der Waals surface area contributed by atoms with E-state index < -0.39 is 0 Å². The second-order valence-electron chi connectivity index (χ2n) is 4.09. The lowest BCUT2D eigenvalue weighted by molar-refractivity contribution is 0.671. The van der Waals surface area contributed by atoms with Crippen molar-refractivity contribution in [2.75, 3.05) is 0 Å². The predicted molar refractivity (Wildman–Crippen MR) is 70.4 cm³/mol. The molecular weight excluding hydrogens is 210 g/mol. The maximum atomic E-state index is 6.03. The number of aromatic amines is 1. The number of benzene rings is 1. The molecule has 0 saturated carbocycles. The third-order valence-electron chi connectivity index (χ3n) is 2.59. The van der Waals surface area contributed by atoms with Gasteiger partial charge in [0.2, 0.25) is 0 Å². The molecule has 1 aromatic heterocycles. The molecule has 0 aliphatic carbocycles. The highest BCUT2D eigenvalue weighted by Crippen LogP contribution is 2.05. The third kappa shape index (κ3) is 3.89. The van der Waals surface area contributed by atoms with Crippen LogP contribution in [-0.4, -0.2) is 16.0 Å². The van der Waals surface area contributed by atoms with Gasteiger partial charge in [0.25, 0.3) is 0 Å². The zero-order chi connectivity index (χ0) is 11.9. The van der Waals surface area contributed by atoms with Crippen LogP contribution in [0.5, 0.6) is 0 Å². The van der Waals surface area contributed by atoms with Crippen LogP contribution in [0.2, 0.25) is 0 Å². The van der Waals surface area contributed by atoms with Crippen LogP contribution in [0.25, 0.3) is 6.08 Å². The summed E-state index contributed by atoms with van der Waals surface area (Å²) in [7, 11) is 0. The fraction of sp³-hybridized carbons (Fsp3) is 0.214. The van der Waals surface area contributed by atoms with Crippen molar-refractivity contribution in [1.82, 2.24) is 9.97 Å². The molecule has 0 spiro atoms. The first-order chi connectivity index (χ1) is 8.34. The molecule has 0 fully saturated rings. The van der Waals surface area contributed by atoms with Crippen LogP contribution in [-0.2, 0) is 6.42 Å². The zero-order valence-electron chi connectivity index (χ0n) is 9.71. The standard InChI is InChI=1S/C14H17N3/c15-13(9-14-10-16-11-17-14)8-4-7-12-5-2-1-3-6-12/h1-7,10-11,13H,8-9,15H2,(H,16,17)/b7-4+/t13-/m0/s1. The van der Waals surface area contributed by atoms with Gasteiger partial charge in [0.15, 0.2) is 0 Å². The number of nitrogens with one attached hydrogen (secondary N) is 1. The van der Waals surface area contributed by atoms with Crippen LogP contribution in [0.3, 0.4) is 0 Å². The van der Waals surface area contributed by atoms with Gasteiger partial charge in [0, 0.05) is 24.4 Å². The molecule has 0 bridgehead atoms. The molecule has 1 atom stereocenters. The second-order valence-corrected chi connectivity index (χ2v) is 4.09. The van der Waals surface area contributed by atoms with E-state index in [1.54, 1.807) is 6.33 Å². The highest BCUT2D eigenvalue weighted by atomic mass is 14.9. The first kappa shape index (κ1) is 11.6. The first-order valence-electron chi connectivity index (χ1n) is 5.79. The van der Waals surface area contributed by atoms with Crippen molar-refractivity contribution in [3.63, 3.8) is 0 Å². The van der Waals surface area contributed by atoms with Crippen molar-refractivity contribution in [1.29, 1.82) is 0 Å². The SMILES string of the molecule is N[C@@H](C/C=C/c1ccccc1)Cc1cnc[nH]1. The summed E-state index contributed by atoms with van der Waals surface area (Å²) in [5, 5.41) is 0. The molecule has 0 unspecified atom stereocenters. The molecule has 88 valence electrons. The van der Waals surface area contributed by atoms with Crippen LogP contribution in [0.4, 0.5) is 0 Å². The molecule has 1 aromatic carbocycles. The Labute approximate surface area is 101 Å². The van der Waals surface area contributed by atoms with E-state index in [1.165, 1.54) is 5.56 Å². The van der Waals surface area contributed by atoms with Gasteiger partial charge in [-0.1, -0.05) is 42.5 Å². The Morgan fingerprint density at radius 1 is 1.29 bits per heavy atom. The summed E-state index contributed by atoms with van der Waals surface area (Å²) in [4.78, 5) is 7.03. The Morgan fingerprint density at radius 3 is 2.82 bits per heavy atom. The highest BCUT2D eigenvalue weighted by Gasteiger charge is 2.02. The largest absolute Gasteiger partial charge is 0.348 e. The number of nitrogens with two attached hydrogens (primary N) is 1. The Balaban J connectivity index is 1.80. The zero-order valence-corrected chi connectivity index (χ0v) is 9.71. The van der Waals surface area contributed by atoms with E-state index in [-0.39, 0.29) is 6.04 Å². The molecular formula is C14H17N3. The van der Waals surface area contributed by atoms with Gasteiger partial charge < -0.3 is 10.7 Å². The summed E-state index contributed by atoms with van der Waals surface area (Å²) in [5.41, 5.74) is 8.33. The van der Waals surface area contributed by atoms with E-state index in [1.807, 2.05) is 24.4 Å². The maximum Gasteiger partial charge on any atom is 0.0921 e. The molecule has 0 aliphatic rings. The lowest BCUT2D eigenvalue weighted by atomic mass is 10.1. The average Bonchev–Trinajstić information content (AvgIpc) is 2.83. The lowest BCUT2D eigenvalue weighted by Crippen LogP contribution is -2.21. The maximum absolute atomic E-state index is 6.03. The summed E-state index contributed by atoms with van der Waals surface area (Å²) in [6.45, 7) is 0. The molecule has 1 heterocycles. The number of imidazole rings is 1. The van der Waals surface area contributed by atoms with Gasteiger partial charge in [-0.05, 0) is 12.0 Å². The molecule has 3 N–H and O–H groups in total. The summed E-state index contributed by atoms with van der Waals surface area (Å²) in [5.74, 6) is 0. The van der Waals surface area contributed by atoms with Crippen LogP contribution in [0.1, 0.15) is 17.7 Å². The Kier molecular flexibility index (Phi) is 4.11. The average molecular weight is 227 g/mol. The van der Waals surface area contributed by atoms with Crippen molar-refractivity contribution in [2.24, 2.45) is 5.73 Å². The number of rotatable bonds is 5. The van der Waals surface area contributed by atoms with Crippen LogP contribution in [0, 0.1) is 0 Å². The molecule has 0 radical (unpaired) electrons. The van der Waals surface area contributed by atoms with Gasteiger partial charge in [-0.3, -0.25) is 0 Å². The molecule has 17 heavy (non-hydrogen) atoms.